The number of benzene rings is 10. The maximum Gasteiger partial charge on any atom is 0.143 e. The molecule has 3 aliphatic rings. The third kappa shape index (κ3) is 5.53. The van der Waals surface area contributed by atoms with Crippen LogP contribution < -0.4 is 4.90 Å². The minimum Gasteiger partial charge on any atom is -0.455 e. The van der Waals surface area contributed by atoms with Gasteiger partial charge in [-0.05, 0) is 109 Å². The Bertz CT molecular complexity index is 4140. The molecule has 3 aliphatic carbocycles. The molecule has 71 heavy (non-hydrogen) atoms. The molecule has 10 aromatic carbocycles. The van der Waals surface area contributed by atoms with Crippen molar-refractivity contribution in [3.8, 4) is 65.4 Å². The van der Waals surface area contributed by atoms with Gasteiger partial charge < -0.3 is 9.32 Å². The molecule has 2 aromatic heterocycles. The van der Waals surface area contributed by atoms with E-state index in [-0.39, 0.29) is 5.41 Å². The highest BCUT2D eigenvalue weighted by Crippen LogP contribution is 2.69. The molecule has 1 atom stereocenters. The second kappa shape index (κ2) is 15.0. The highest BCUT2D eigenvalue weighted by molar-refractivity contribution is 7.19. The molecule has 0 N–H and O–H groups in total. The van der Waals surface area contributed by atoms with E-state index in [1.807, 2.05) is 17.4 Å². The van der Waals surface area contributed by atoms with Gasteiger partial charge in [-0.25, -0.2) is 0 Å². The first-order chi connectivity index (χ1) is 35.0. The highest BCUT2D eigenvalue weighted by atomic mass is 32.1. The van der Waals surface area contributed by atoms with Crippen LogP contribution in [0.3, 0.4) is 0 Å². The van der Waals surface area contributed by atoms with E-state index in [0.717, 1.165) is 50.1 Å². The fourth-order valence-corrected chi connectivity index (χ4v) is 14.3. The van der Waals surface area contributed by atoms with Crippen molar-refractivity contribution in [3.63, 3.8) is 0 Å². The van der Waals surface area contributed by atoms with Gasteiger partial charge in [-0.15, -0.1) is 11.3 Å². The van der Waals surface area contributed by atoms with Gasteiger partial charge in [0.15, 0.2) is 0 Å². The second-order valence-electron chi connectivity index (χ2n) is 19.8. The molecule has 0 bridgehead atoms. The van der Waals surface area contributed by atoms with Gasteiger partial charge in [0.2, 0.25) is 0 Å². The Balaban J connectivity index is 0.995. The lowest BCUT2D eigenvalue weighted by Crippen LogP contribution is -2.26. The van der Waals surface area contributed by atoms with Crippen molar-refractivity contribution in [1.29, 1.82) is 0 Å². The molecule has 1 unspecified atom stereocenters. The SMILES string of the molecule is CC1(C)c2ccccc2-c2ccc(N(c3ccc(-c4cccc5c4oc4ccccc45)cc3)c3cccc4c3-c3ccccc3C43c4ccccc4-c4c(-c5ccccc5)sc(-c5ccccc5)c43)cc21. The first kappa shape index (κ1) is 40.4. The lowest BCUT2D eigenvalue weighted by molar-refractivity contribution is 0.660. The minimum atomic E-state index is -0.578. The summed E-state index contributed by atoms with van der Waals surface area (Å²) in [6.07, 6.45) is 0. The minimum absolute atomic E-state index is 0.175. The molecule has 15 rings (SSSR count). The van der Waals surface area contributed by atoms with Crippen LogP contribution in [-0.2, 0) is 10.8 Å². The van der Waals surface area contributed by atoms with Crippen LogP contribution in [0, 0.1) is 0 Å². The lowest BCUT2D eigenvalue weighted by Gasteiger charge is -2.32. The average Bonchev–Trinajstić information content (AvgIpc) is 4.22. The quantitative estimate of drug-likeness (QED) is 0.165. The molecule has 334 valence electrons. The molecular formula is C68H45NOS. The molecule has 0 fully saturated rings. The van der Waals surface area contributed by atoms with Gasteiger partial charge in [0, 0.05) is 54.0 Å². The molecule has 3 heteroatoms. The Morgan fingerprint density at radius 2 is 0.930 bits per heavy atom. The van der Waals surface area contributed by atoms with Crippen molar-refractivity contribution in [2.45, 2.75) is 24.7 Å². The monoisotopic (exact) mass is 923 g/mol. The van der Waals surface area contributed by atoms with E-state index in [2.05, 4.69) is 249 Å². The van der Waals surface area contributed by atoms with E-state index in [0.29, 0.717) is 0 Å². The highest BCUT2D eigenvalue weighted by Gasteiger charge is 2.55. The zero-order valence-corrected chi connectivity index (χ0v) is 40.1. The van der Waals surface area contributed by atoms with Crippen molar-refractivity contribution >= 4 is 50.3 Å². The fraction of sp³-hybridized carbons (Fsp3) is 0.0588. The molecular weight excluding hydrogens is 879 g/mol. The number of thiophene rings is 1. The van der Waals surface area contributed by atoms with Crippen molar-refractivity contribution in [1.82, 2.24) is 0 Å². The zero-order chi connectivity index (χ0) is 47.0. The van der Waals surface area contributed by atoms with Crippen LogP contribution in [0.4, 0.5) is 17.1 Å². The van der Waals surface area contributed by atoms with E-state index in [4.69, 9.17) is 4.42 Å². The zero-order valence-electron chi connectivity index (χ0n) is 39.3. The van der Waals surface area contributed by atoms with Gasteiger partial charge in [-0.1, -0.05) is 214 Å². The standard InChI is InChI=1S/C68H45NOS/c1-67(2)54-29-13-9-23-48(54)49-40-39-46(41-58(49)67)69(45-37-35-42(36-38-45)47-27-17-28-51-50-24-12-16-34-60(50)70-64(47)51)59-33-18-32-57-61(59)52-25-10-14-30-55(52)68(57)56-31-15-11-26-53(56)62-63(68)66(44-21-7-4-8-22-44)71-65(62)43-19-5-3-6-20-43/h3-41H,1-2H3. The number of nitrogens with zero attached hydrogens (tertiary/aromatic N) is 1. The van der Waals surface area contributed by atoms with Crippen LogP contribution >= 0.6 is 11.3 Å². The van der Waals surface area contributed by atoms with E-state index < -0.39 is 5.41 Å². The van der Waals surface area contributed by atoms with Gasteiger partial charge in [0.25, 0.3) is 0 Å². The topological polar surface area (TPSA) is 16.4 Å². The van der Waals surface area contributed by atoms with E-state index in [1.54, 1.807) is 0 Å². The normalized spacial score (nSPS) is 15.4. The van der Waals surface area contributed by atoms with E-state index in [9.17, 15) is 0 Å². The summed E-state index contributed by atoms with van der Waals surface area (Å²) in [5, 5.41) is 2.27. The molecule has 12 aromatic rings. The summed E-state index contributed by atoms with van der Waals surface area (Å²) in [6.45, 7) is 4.76. The molecule has 1 spiro atoms. The van der Waals surface area contributed by atoms with Crippen molar-refractivity contribution < 1.29 is 4.42 Å². The molecule has 0 amide bonds. The van der Waals surface area contributed by atoms with Crippen LogP contribution in [0.2, 0.25) is 0 Å². The summed E-state index contributed by atoms with van der Waals surface area (Å²) < 4.78 is 6.58. The van der Waals surface area contributed by atoms with Crippen LogP contribution in [0.5, 0.6) is 0 Å². The number of anilines is 3. The maximum atomic E-state index is 6.58. The summed E-state index contributed by atoms with van der Waals surface area (Å²) in [5.74, 6) is 0. The summed E-state index contributed by atoms with van der Waals surface area (Å²) in [6, 6.07) is 87.8. The number of hydrogen-bond donors (Lipinski definition) is 0. The van der Waals surface area contributed by atoms with Crippen LogP contribution in [-0.4, -0.2) is 0 Å². The summed E-state index contributed by atoms with van der Waals surface area (Å²) in [5.41, 5.74) is 25.0. The Kier molecular flexibility index (Phi) is 8.53. The first-order valence-electron chi connectivity index (χ1n) is 24.7. The Labute approximate surface area is 417 Å². The van der Waals surface area contributed by atoms with Crippen molar-refractivity contribution in [2.24, 2.45) is 0 Å². The van der Waals surface area contributed by atoms with Crippen LogP contribution in [0.1, 0.15) is 47.2 Å². The Morgan fingerprint density at radius 3 is 1.68 bits per heavy atom. The fourth-order valence-electron chi connectivity index (χ4n) is 12.9. The number of hydrogen-bond acceptors (Lipinski definition) is 3. The summed E-state index contributed by atoms with van der Waals surface area (Å²) in [7, 11) is 0. The Hall–Kier alpha value is -8.50. The molecule has 2 heterocycles. The largest absolute Gasteiger partial charge is 0.455 e. The van der Waals surface area contributed by atoms with Gasteiger partial charge in [0.1, 0.15) is 11.2 Å². The average molecular weight is 924 g/mol. The lowest BCUT2D eigenvalue weighted by atomic mass is 9.70. The number of rotatable bonds is 6. The third-order valence-corrected chi connectivity index (χ3v) is 17.2. The van der Waals surface area contributed by atoms with Crippen LogP contribution in [0.15, 0.2) is 241 Å². The van der Waals surface area contributed by atoms with Gasteiger partial charge in [0.05, 0.1) is 11.1 Å². The predicted octanol–water partition coefficient (Wildman–Crippen LogP) is 18.8. The van der Waals surface area contributed by atoms with Crippen LogP contribution in [0.25, 0.3) is 87.3 Å². The number of para-hydroxylation sites is 2. The summed E-state index contributed by atoms with van der Waals surface area (Å²) >= 11 is 1.94. The van der Waals surface area contributed by atoms with E-state index >= 15 is 0 Å². The van der Waals surface area contributed by atoms with Gasteiger partial charge in [-0.3, -0.25) is 0 Å². The summed E-state index contributed by atoms with van der Waals surface area (Å²) in [4.78, 5) is 5.16. The van der Waals surface area contributed by atoms with Crippen molar-refractivity contribution in [2.75, 3.05) is 4.90 Å². The third-order valence-electron chi connectivity index (χ3n) is 15.9. The van der Waals surface area contributed by atoms with Gasteiger partial charge >= 0.3 is 0 Å². The second-order valence-corrected chi connectivity index (χ2v) is 20.9. The smallest absolute Gasteiger partial charge is 0.143 e. The maximum absolute atomic E-state index is 6.58. The first-order valence-corrected chi connectivity index (χ1v) is 25.5. The van der Waals surface area contributed by atoms with Gasteiger partial charge in [-0.2, -0.15) is 0 Å². The van der Waals surface area contributed by atoms with Crippen molar-refractivity contribution in [3.05, 3.63) is 270 Å². The molecule has 0 saturated carbocycles. The number of furan rings is 1. The molecule has 2 nitrogen and oxygen atoms in total. The molecule has 0 aliphatic heterocycles. The molecule has 0 radical (unpaired) electrons. The number of fused-ring (bicyclic) bond motifs is 16. The van der Waals surface area contributed by atoms with E-state index in [1.165, 1.54) is 87.6 Å². The predicted molar refractivity (Wildman–Crippen MR) is 296 cm³/mol. The Morgan fingerprint density at radius 1 is 0.380 bits per heavy atom. The molecule has 0 saturated heterocycles.